The summed E-state index contributed by atoms with van der Waals surface area (Å²) in [5.41, 5.74) is 8.29. The molecule has 0 bridgehead atoms. The Hall–Kier alpha value is -2.88. The van der Waals surface area contributed by atoms with Crippen LogP contribution in [0.1, 0.15) is 10.4 Å². The highest BCUT2D eigenvalue weighted by molar-refractivity contribution is 6.06. The zero-order valence-corrected chi connectivity index (χ0v) is 11.5. The van der Waals surface area contributed by atoms with Crippen molar-refractivity contribution in [1.82, 2.24) is 4.98 Å². The number of carbonyl (C=O) groups is 1. The monoisotopic (exact) mass is 278 g/mol. The Morgan fingerprint density at radius 1 is 1.10 bits per heavy atom. The summed E-state index contributed by atoms with van der Waals surface area (Å²) in [5.74, 6) is 0.223. The zero-order valence-electron chi connectivity index (χ0n) is 11.5. The van der Waals surface area contributed by atoms with Crippen LogP contribution in [0.5, 0.6) is 5.75 Å². The summed E-state index contributed by atoms with van der Waals surface area (Å²) in [5, 5.41) is 0.725. The number of benzene rings is 2. The molecule has 3 rings (SSSR count). The van der Waals surface area contributed by atoms with Gasteiger partial charge >= 0.3 is 0 Å². The number of pyridine rings is 1. The number of nitrogens with two attached hydrogens (primary N) is 1. The van der Waals surface area contributed by atoms with Gasteiger partial charge in [-0.15, -0.1) is 0 Å². The molecule has 0 saturated heterocycles. The molecule has 0 spiro atoms. The van der Waals surface area contributed by atoms with Crippen molar-refractivity contribution in [2.24, 2.45) is 5.73 Å². The second-order valence-corrected chi connectivity index (χ2v) is 4.67. The van der Waals surface area contributed by atoms with Crippen LogP contribution in [-0.2, 0) is 0 Å². The van der Waals surface area contributed by atoms with Crippen LogP contribution in [0.25, 0.3) is 22.2 Å². The molecule has 104 valence electrons. The highest BCUT2D eigenvalue weighted by Crippen LogP contribution is 2.27. The fourth-order valence-electron chi connectivity index (χ4n) is 2.30. The van der Waals surface area contributed by atoms with Crippen molar-refractivity contribution >= 4 is 16.8 Å². The quantitative estimate of drug-likeness (QED) is 0.801. The van der Waals surface area contributed by atoms with Gasteiger partial charge < -0.3 is 10.5 Å². The first kappa shape index (κ1) is 13.1. The minimum atomic E-state index is -0.468. The van der Waals surface area contributed by atoms with Gasteiger partial charge in [-0.25, -0.2) is 4.98 Å². The van der Waals surface area contributed by atoms with E-state index in [2.05, 4.69) is 4.98 Å². The Kier molecular flexibility index (Phi) is 3.28. The van der Waals surface area contributed by atoms with Crippen LogP contribution >= 0.6 is 0 Å². The van der Waals surface area contributed by atoms with Crippen LogP contribution in [0.4, 0.5) is 0 Å². The smallest absolute Gasteiger partial charge is 0.249 e. The summed E-state index contributed by atoms with van der Waals surface area (Å²) in [6, 6.07) is 16.8. The molecular weight excluding hydrogens is 264 g/mol. The average molecular weight is 278 g/mol. The van der Waals surface area contributed by atoms with Gasteiger partial charge in [-0.2, -0.15) is 0 Å². The maximum Gasteiger partial charge on any atom is 0.249 e. The normalized spacial score (nSPS) is 10.5. The Bertz CT molecular complexity index is 814. The zero-order chi connectivity index (χ0) is 14.8. The van der Waals surface area contributed by atoms with Crippen LogP contribution in [0.2, 0.25) is 0 Å². The van der Waals surface area contributed by atoms with Crippen LogP contribution in [0.15, 0.2) is 54.6 Å². The molecule has 4 heteroatoms. The number of carbonyl (C=O) groups excluding carboxylic acids is 1. The van der Waals surface area contributed by atoms with Gasteiger partial charge in [-0.1, -0.05) is 30.3 Å². The molecule has 0 saturated carbocycles. The first-order valence-corrected chi connectivity index (χ1v) is 6.53. The fraction of sp³-hybridized carbons (Fsp3) is 0.0588. The predicted octanol–water partition coefficient (Wildman–Crippen LogP) is 3.01. The second kappa shape index (κ2) is 5.25. The molecule has 3 aromatic rings. The number of amides is 1. The van der Waals surface area contributed by atoms with E-state index in [4.69, 9.17) is 10.5 Å². The number of ether oxygens (including phenoxy) is 1. The number of methoxy groups -OCH3 is 1. The van der Waals surface area contributed by atoms with E-state index in [0.29, 0.717) is 22.5 Å². The molecule has 0 aliphatic carbocycles. The molecule has 1 amide bonds. The van der Waals surface area contributed by atoms with Crippen molar-refractivity contribution in [1.29, 1.82) is 0 Å². The van der Waals surface area contributed by atoms with Crippen molar-refractivity contribution < 1.29 is 9.53 Å². The number of hydrogen-bond donors (Lipinski definition) is 1. The Balaban J connectivity index is 2.30. The Labute approximate surface area is 122 Å². The summed E-state index contributed by atoms with van der Waals surface area (Å²) in [4.78, 5) is 16.3. The third-order valence-electron chi connectivity index (χ3n) is 3.35. The molecule has 2 N–H and O–H groups in total. The van der Waals surface area contributed by atoms with Crippen molar-refractivity contribution in [3.8, 4) is 17.0 Å². The third kappa shape index (κ3) is 2.43. The lowest BCUT2D eigenvalue weighted by atomic mass is 10.0. The largest absolute Gasteiger partial charge is 0.497 e. The summed E-state index contributed by atoms with van der Waals surface area (Å²) in [6.07, 6.45) is 0. The first-order chi connectivity index (χ1) is 10.2. The van der Waals surface area contributed by atoms with Crippen molar-refractivity contribution in [3.63, 3.8) is 0 Å². The number of fused-ring (bicyclic) bond motifs is 1. The lowest BCUT2D eigenvalue weighted by molar-refractivity contribution is 0.100. The minimum absolute atomic E-state index is 0.460. The SMILES string of the molecule is COc1ccc2c(C(N)=O)cc(-c3ccccc3)nc2c1. The fourth-order valence-corrected chi connectivity index (χ4v) is 2.30. The van der Waals surface area contributed by atoms with E-state index < -0.39 is 5.91 Å². The molecular formula is C17H14N2O2. The molecule has 0 aliphatic heterocycles. The summed E-state index contributed by atoms with van der Waals surface area (Å²) in [6.45, 7) is 0. The number of aromatic nitrogens is 1. The topological polar surface area (TPSA) is 65.2 Å². The van der Waals surface area contributed by atoms with Gasteiger partial charge in [0, 0.05) is 17.0 Å². The van der Waals surface area contributed by atoms with E-state index in [1.165, 1.54) is 0 Å². The van der Waals surface area contributed by atoms with Gasteiger partial charge in [0.2, 0.25) is 5.91 Å². The van der Waals surface area contributed by atoms with Gasteiger partial charge in [-0.05, 0) is 18.2 Å². The maximum atomic E-state index is 11.7. The third-order valence-corrected chi connectivity index (χ3v) is 3.35. The van der Waals surface area contributed by atoms with Gasteiger partial charge in [0.05, 0.1) is 23.9 Å². The molecule has 4 nitrogen and oxygen atoms in total. The highest BCUT2D eigenvalue weighted by Gasteiger charge is 2.12. The number of nitrogens with zero attached hydrogens (tertiary/aromatic N) is 1. The van der Waals surface area contributed by atoms with E-state index in [-0.39, 0.29) is 0 Å². The van der Waals surface area contributed by atoms with E-state index in [1.807, 2.05) is 30.3 Å². The lowest BCUT2D eigenvalue weighted by Crippen LogP contribution is -2.12. The molecule has 0 radical (unpaired) electrons. The highest BCUT2D eigenvalue weighted by atomic mass is 16.5. The van der Waals surface area contributed by atoms with E-state index >= 15 is 0 Å². The first-order valence-electron chi connectivity index (χ1n) is 6.53. The molecule has 21 heavy (non-hydrogen) atoms. The van der Waals surface area contributed by atoms with E-state index in [9.17, 15) is 4.79 Å². The number of rotatable bonds is 3. The number of hydrogen-bond acceptors (Lipinski definition) is 3. The van der Waals surface area contributed by atoms with Crippen LogP contribution in [0, 0.1) is 0 Å². The van der Waals surface area contributed by atoms with Crippen molar-refractivity contribution in [2.75, 3.05) is 7.11 Å². The maximum absolute atomic E-state index is 11.7. The predicted molar refractivity (Wildman–Crippen MR) is 82.2 cm³/mol. The van der Waals surface area contributed by atoms with Gasteiger partial charge in [0.25, 0.3) is 0 Å². The molecule has 0 unspecified atom stereocenters. The van der Waals surface area contributed by atoms with Crippen molar-refractivity contribution in [3.05, 3.63) is 60.2 Å². The molecule has 0 atom stereocenters. The molecule has 0 aliphatic rings. The summed E-state index contributed by atoms with van der Waals surface area (Å²) >= 11 is 0. The van der Waals surface area contributed by atoms with E-state index in [1.54, 1.807) is 31.4 Å². The lowest BCUT2D eigenvalue weighted by Gasteiger charge is -2.09. The van der Waals surface area contributed by atoms with Gasteiger partial charge in [-0.3, -0.25) is 4.79 Å². The van der Waals surface area contributed by atoms with Gasteiger partial charge in [0.15, 0.2) is 0 Å². The average Bonchev–Trinajstić information content (AvgIpc) is 2.53. The molecule has 1 heterocycles. The van der Waals surface area contributed by atoms with Crippen LogP contribution in [-0.4, -0.2) is 18.0 Å². The minimum Gasteiger partial charge on any atom is -0.497 e. The molecule has 2 aromatic carbocycles. The van der Waals surface area contributed by atoms with Crippen LogP contribution < -0.4 is 10.5 Å². The Morgan fingerprint density at radius 3 is 2.52 bits per heavy atom. The standard InChI is InChI=1S/C17H14N2O2/c1-21-12-7-8-13-14(17(18)20)10-15(19-16(13)9-12)11-5-3-2-4-6-11/h2-10H,1H3,(H2,18,20). The second-order valence-electron chi connectivity index (χ2n) is 4.67. The summed E-state index contributed by atoms with van der Waals surface area (Å²) < 4.78 is 5.21. The molecule has 1 aromatic heterocycles. The summed E-state index contributed by atoms with van der Waals surface area (Å²) in [7, 11) is 1.59. The number of primary amides is 1. The Morgan fingerprint density at radius 2 is 1.86 bits per heavy atom. The molecule has 0 fully saturated rings. The van der Waals surface area contributed by atoms with E-state index in [0.717, 1.165) is 10.9 Å². The van der Waals surface area contributed by atoms with Crippen LogP contribution in [0.3, 0.4) is 0 Å². The van der Waals surface area contributed by atoms with Crippen molar-refractivity contribution in [2.45, 2.75) is 0 Å². The van der Waals surface area contributed by atoms with Gasteiger partial charge in [0.1, 0.15) is 5.75 Å².